The van der Waals surface area contributed by atoms with E-state index in [0.717, 1.165) is 51.4 Å². The zero-order valence-corrected chi connectivity index (χ0v) is 39.9. The summed E-state index contributed by atoms with van der Waals surface area (Å²) in [5.74, 6) is -0.0808. The highest BCUT2D eigenvalue weighted by Gasteiger charge is 2.18. The van der Waals surface area contributed by atoms with E-state index in [0.29, 0.717) is 19.4 Å². The molecule has 6 heteroatoms. The summed E-state index contributed by atoms with van der Waals surface area (Å²) in [7, 11) is 0. The molecule has 1 amide bonds. The summed E-state index contributed by atoms with van der Waals surface area (Å²) in [6.45, 7) is 4.83. The molecule has 0 saturated heterocycles. The number of carbonyl (C=O) groups excluding carboxylic acids is 2. The minimum absolute atomic E-state index is 0.00710. The van der Waals surface area contributed by atoms with Crippen molar-refractivity contribution in [3.8, 4) is 0 Å². The number of esters is 1. The van der Waals surface area contributed by atoms with Crippen molar-refractivity contribution in [2.24, 2.45) is 0 Å². The predicted molar refractivity (Wildman–Crippen MR) is 259 cm³/mol. The van der Waals surface area contributed by atoms with Crippen molar-refractivity contribution >= 4 is 11.9 Å². The standard InChI is InChI=1S/C54H101NO5/c1-3-5-7-9-11-13-15-16-25-28-32-36-40-44-48-54(59)60-49-45-41-37-33-29-26-23-21-19-17-18-20-22-24-27-31-35-39-43-47-53(58)55-51(50-56)52(57)46-42-38-34-30-14-12-10-8-6-4-2/h9,11,15-16,42,46,51-52,56-57H,3-8,10,12-14,17-41,43-45,47-50H2,1-2H3,(H,55,58)/b11-9-,16-15-,46-42+. The lowest BCUT2D eigenvalue weighted by Crippen LogP contribution is -2.45. The van der Waals surface area contributed by atoms with Crippen LogP contribution in [0.5, 0.6) is 0 Å². The van der Waals surface area contributed by atoms with Gasteiger partial charge in [-0.15, -0.1) is 0 Å². The van der Waals surface area contributed by atoms with Gasteiger partial charge in [0.2, 0.25) is 5.91 Å². The number of carbonyl (C=O) groups is 2. The molecule has 0 aromatic heterocycles. The van der Waals surface area contributed by atoms with Crippen LogP contribution in [0.15, 0.2) is 36.5 Å². The topological polar surface area (TPSA) is 95.9 Å². The second-order valence-corrected chi connectivity index (χ2v) is 17.9. The number of aliphatic hydroxyl groups excluding tert-OH is 2. The van der Waals surface area contributed by atoms with Crippen LogP contribution in [-0.4, -0.2) is 47.4 Å². The predicted octanol–water partition coefficient (Wildman–Crippen LogP) is 15.7. The number of allylic oxidation sites excluding steroid dienone is 5. The molecule has 3 N–H and O–H groups in total. The first-order valence-electron chi connectivity index (χ1n) is 26.3. The third kappa shape index (κ3) is 45.6. The highest BCUT2D eigenvalue weighted by Crippen LogP contribution is 2.16. The second kappa shape index (κ2) is 49.7. The van der Waals surface area contributed by atoms with Crippen molar-refractivity contribution in [3.05, 3.63) is 36.5 Å². The maximum atomic E-state index is 12.4. The number of hydrogen-bond donors (Lipinski definition) is 3. The van der Waals surface area contributed by atoms with E-state index in [1.807, 2.05) is 6.08 Å². The van der Waals surface area contributed by atoms with E-state index in [-0.39, 0.29) is 18.5 Å². The van der Waals surface area contributed by atoms with Gasteiger partial charge in [-0.25, -0.2) is 0 Å². The van der Waals surface area contributed by atoms with Gasteiger partial charge in [-0.2, -0.15) is 0 Å². The van der Waals surface area contributed by atoms with Crippen molar-refractivity contribution < 1.29 is 24.5 Å². The van der Waals surface area contributed by atoms with Gasteiger partial charge in [0.1, 0.15) is 0 Å². The number of unbranched alkanes of at least 4 members (excludes halogenated alkanes) is 33. The van der Waals surface area contributed by atoms with E-state index in [2.05, 4.69) is 43.5 Å². The molecule has 0 aliphatic heterocycles. The average molecular weight is 844 g/mol. The van der Waals surface area contributed by atoms with Gasteiger partial charge in [0.05, 0.1) is 25.4 Å². The van der Waals surface area contributed by atoms with Crippen LogP contribution in [0.4, 0.5) is 0 Å². The summed E-state index contributed by atoms with van der Waals surface area (Å²) in [5.41, 5.74) is 0. The maximum Gasteiger partial charge on any atom is 0.305 e. The van der Waals surface area contributed by atoms with Gasteiger partial charge in [0.25, 0.3) is 0 Å². The quantitative estimate of drug-likeness (QED) is 0.0322. The lowest BCUT2D eigenvalue weighted by molar-refractivity contribution is -0.143. The Bertz CT molecular complexity index is 977. The summed E-state index contributed by atoms with van der Waals surface area (Å²) in [6.07, 6.45) is 60.1. The van der Waals surface area contributed by atoms with Crippen LogP contribution in [0.25, 0.3) is 0 Å². The van der Waals surface area contributed by atoms with Crippen LogP contribution < -0.4 is 5.32 Å². The first-order chi connectivity index (χ1) is 29.5. The summed E-state index contributed by atoms with van der Waals surface area (Å²) in [5, 5.41) is 22.9. The summed E-state index contributed by atoms with van der Waals surface area (Å²) >= 11 is 0. The Balaban J connectivity index is 3.41. The number of amides is 1. The molecule has 2 atom stereocenters. The molecule has 0 saturated carbocycles. The van der Waals surface area contributed by atoms with E-state index in [4.69, 9.17) is 4.74 Å². The monoisotopic (exact) mass is 844 g/mol. The van der Waals surface area contributed by atoms with Crippen LogP contribution in [0, 0.1) is 0 Å². The molecule has 0 heterocycles. The van der Waals surface area contributed by atoms with Crippen LogP contribution in [0.3, 0.4) is 0 Å². The molecular weight excluding hydrogens is 743 g/mol. The number of aliphatic hydroxyl groups is 2. The smallest absolute Gasteiger partial charge is 0.305 e. The van der Waals surface area contributed by atoms with Gasteiger partial charge in [-0.05, 0) is 57.8 Å². The number of ether oxygens (including phenoxy) is 1. The minimum Gasteiger partial charge on any atom is -0.466 e. The number of rotatable bonds is 48. The minimum atomic E-state index is -0.845. The zero-order valence-electron chi connectivity index (χ0n) is 39.9. The van der Waals surface area contributed by atoms with Gasteiger partial charge in [-0.1, -0.05) is 237 Å². The van der Waals surface area contributed by atoms with E-state index >= 15 is 0 Å². The molecule has 2 unspecified atom stereocenters. The Labute approximate surface area is 373 Å². The lowest BCUT2D eigenvalue weighted by Gasteiger charge is -2.20. The molecule has 0 aromatic rings. The molecule has 0 bridgehead atoms. The molecule has 0 rings (SSSR count). The van der Waals surface area contributed by atoms with Crippen LogP contribution >= 0.6 is 0 Å². The molecule has 6 nitrogen and oxygen atoms in total. The van der Waals surface area contributed by atoms with Gasteiger partial charge in [0, 0.05) is 12.8 Å². The van der Waals surface area contributed by atoms with Crippen molar-refractivity contribution in [2.75, 3.05) is 13.2 Å². The second-order valence-electron chi connectivity index (χ2n) is 17.9. The average Bonchev–Trinajstić information content (AvgIpc) is 3.25. The Morgan fingerprint density at radius 2 is 0.850 bits per heavy atom. The van der Waals surface area contributed by atoms with E-state index in [1.54, 1.807) is 6.08 Å². The third-order valence-corrected chi connectivity index (χ3v) is 11.9. The van der Waals surface area contributed by atoms with Crippen molar-refractivity contribution in [2.45, 2.75) is 283 Å². The van der Waals surface area contributed by atoms with Crippen LogP contribution in [0.2, 0.25) is 0 Å². The molecule has 352 valence electrons. The Kier molecular flexibility index (Phi) is 48.1. The lowest BCUT2D eigenvalue weighted by atomic mass is 10.0. The van der Waals surface area contributed by atoms with Crippen molar-refractivity contribution in [3.63, 3.8) is 0 Å². The first-order valence-corrected chi connectivity index (χ1v) is 26.3. The van der Waals surface area contributed by atoms with Gasteiger partial charge < -0.3 is 20.3 Å². The number of nitrogens with one attached hydrogen (secondary N) is 1. The van der Waals surface area contributed by atoms with Gasteiger partial charge in [0.15, 0.2) is 0 Å². The van der Waals surface area contributed by atoms with Gasteiger partial charge in [-0.3, -0.25) is 9.59 Å². The van der Waals surface area contributed by atoms with Crippen molar-refractivity contribution in [1.82, 2.24) is 5.32 Å². The molecule has 0 fully saturated rings. The molecule has 0 aliphatic carbocycles. The molecule has 0 spiro atoms. The fraction of sp³-hybridized carbons (Fsp3) is 0.852. The molecule has 0 aliphatic rings. The Hall–Kier alpha value is -1.92. The molecular formula is C54H101NO5. The van der Waals surface area contributed by atoms with E-state index in [9.17, 15) is 19.8 Å². The maximum absolute atomic E-state index is 12.4. The summed E-state index contributed by atoms with van der Waals surface area (Å²) < 4.78 is 5.46. The summed E-state index contributed by atoms with van der Waals surface area (Å²) in [4.78, 5) is 24.4. The first kappa shape index (κ1) is 58.1. The normalized spacial score (nSPS) is 12.9. The van der Waals surface area contributed by atoms with E-state index < -0.39 is 12.1 Å². The van der Waals surface area contributed by atoms with Crippen LogP contribution in [-0.2, 0) is 14.3 Å². The fourth-order valence-corrected chi connectivity index (χ4v) is 7.83. The fourth-order valence-electron chi connectivity index (χ4n) is 7.83. The molecule has 0 radical (unpaired) electrons. The van der Waals surface area contributed by atoms with E-state index in [1.165, 1.54) is 193 Å². The largest absolute Gasteiger partial charge is 0.466 e. The number of hydrogen-bond acceptors (Lipinski definition) is 5. The highest BCUT2D eigenvalue weighted by atomic mass is 16.5. The molecule has 60 heavy (non-hydrogen) atoms. The zero-order chi connectivity index (χ0) is 43.7. The third-order valence-electron chi connectivity index (χ3n) is 11.9. The molecule has 0 aromatic carbocycles. The Morgan fingerprint density at radius 3 is 1.32 bits per heavy atom. The highest BCUT2D eigenvalue weighted by molar-refractivity contribution is 5.76. The Morgan fingerprint density at radius 1 is 0.467 bits per heavy atom. The van der Waals surface area contributed by atoms with Gasteiger partial charge >= 0.3 is 5.97 Å². The SMILES string of the molecule is CCCC/C=C\C/C=C\CCCCCCCC(=O)OCCCCCCCCCCCCCCCCCCCCCC(=O)NC(CO)C(O)/C=C/CCCCCCCCCC. The van der Waals surface area contributed by atoms with Crippen molar-refractivity contribution in [1.29, 1.82) is 0 Å². The van der Waals surface area contributed by atoms with Crippen LogP contribution in [0.1, 0.15) is 271 Å². The summed E-state index contributed by atoms with van der Waals surface area (Å²) in [6, 6.07) is -0.628.